The van der Waals surface area contributed by atoms with Gasteiger partial charge in [-0.1, -0.05) is 42.1 Å². The lowest BCUT2D eigenvalue weighted by Crippen LogP contribution is -2.45. The number of hydrogen-bond donors (Lipinski definition) is 2. The van der Waals surface area contributed by atoms with Crippen LogP contribution < -0.4 is 10.6 Å². The van der Waals surface area contributed by atoms with Crippen LogP contribution in [-0.2, 0) is 9.53 Å². The van der Waals surface area contributed by atoms with Crippen molar-refractivity contribution in [3.8, 4) is 0 Å². The zero-order valence-corrected chi connectivity index (χ0v) is 13.7. The third kappa shape index (κ3) is 5.11. The average molecular weight is 359 g/mol. The molecule has 0 unspecified atom stereocenters. The fourth-order valence-corrected chi connectivity index (χ4v) is 2.90. The molecule has 1 aliphatic carbocycles. The van der Waals surface area contributed by atoms with E-state index in [0.717, 1.165) is 25.7 Å². The quantitative estimate of drug-likeness (QED) is 0.810. The summed E-state index contributed by atoms with van der Waals surface area (Å²) in [5, 5.41) is 5.06. The van der Waals surface area contributed by atoms with E-state index < -0.39 is 24.5 Å². The molecule has 1 aromatic rings. The molecule has 1 aromatic carbocycles. The van der Waals surface area contributed by atoms with Gasteiger partial charge in [0.2, 0.25) is 0 Å². The van der Waals surface area contributed by atoms with Gasteiger partial charge >= 0.3 is 12.0 Å². The maximum absolute atomic E-state index is 11.9. The van der Waals surface area contributed by atoms with E-state index >= 15 is 0 Å². The van der Waals surface area contributed by atoms with Gasteiger partial charge in [-0.3, -0.25) is 10.1 Å². The molecule has 8 heteroatoms. The van der Waals surface area contributed by atoms with Crippen LogP contribution in [0.2, 0.25) is 10.0 Å². The lowest BCUT2D eigenvalue weighted by atomic mass is 10.2. The summed E-state index contributed by atoms with van der Waals surface area (Å²) in [4.78, 5) is 35.1. The molecule has 0 aromatic heterocycles. The number of esters is 1. The van der Waals surface area contributed by atoms with Crippen LogP contribution in [0.15, 0.2) is 18.2 Å². The number of hydrogen-bond acceptors (Lipinski definition) is 4. The Morgan fingerprint density at radius 1 is 1.13 bits per heavy atom. The second-order valence-electron chi connectivity index (χ2n) is 5.18. The Hall–Kier alpha value is -1.79. The molecule has 2 rings (SSSR count). The number of benzene rings is 1. The van der Waals surface area contributed by atoms with E-state index in [-0.39, 0.29) is 21.7 Å². The second-order valence-corrected chi connectivity index (χ2v) is 5.99. The van der Waals surface area contributed by atoms with E-state index in [4.69, 9.17) is 27.9 Å². The highest BCUT2D eigenvalue weighted by molar-refractivity contribution is 6.39. The van der Waals surface area contributed by atoms with Crippen LogP contribution >= 0.6 is 23.2 Å². The Morgan fingerprint density at radius 3 is 2.35 bits per heavy atom. The first-order valence-electron chi connectivity index (χ1n) is 7.19. The van der Waals surface area contributed by atoms with Gasteiger partial charge in [-0.25, -0.2) is 9.59 Å². The summed E-state index contributed by atoms with van der Waals surface area (Å²) in [5.74, 6) is -1.55. The predicted octanol–water partition coefficient (Wildman–Crippen LogP) is 2.92. The number of nitrogens with one attached hydrogen (secondary N) is 2. The van der Waals surface area contributed by atoms with Gasteiger partial charge in [0.1, 0.15) is 0 Å². The van der Waals surface area contributed by atoms with E-state index in [9.17, 15) is 14.4 Å². The van der Waals surface area contributed by atoms with Gasteiger partial charge in [-0.2, -0.15) is 0 Å². The Morgan fingerprint density at radius 2 is 1.74 bits per heavy atom. The van der Waals surface area contributed by atoms with Crippen molar-refractivity contribution >= 4 is 41.1 Å². The topological polar surface area (TPSA) is 84.5 Å². The molecule has 3 amide bonds. The molecular weight excluding hydrogens is 343 g/mol. The fraction of sp³-hybridized carbons (Fsp3) is 0.400. The number of amides is 3. The molecule has 6 nitrogen and oxygen atoms in total. The van der Waals surface area contributed by atoms with Gasteiger partial charge in [0.05, 0.1) is 15.6 Å². The third-order valence-electron chi connectivity index (χ3n) is 3.44. The summed E-state index contributed by atoms with van der Waals surface area (Å²) in [5.41, 5.74) is -0.0148. The second kappa shape index (κ2) is 8.17. The highest BCUT2D eigenvalue weighted by atomic mass is 35.5. The normalized spacial score (nSPS) is 14.3. The maximum atomic E-state index is 11.9. The minimum atomic E-state index is -0.827. The van der Waals surface area contributed by atoms with Crippen molar-refractivity contribution in [3.63, 3.8) is 0 Å². The largest absolute Gasteiger partial charge is 0.452 e. The predicted molar refractivity (Wildman–Crippen MR) is 85.7 cm³/mol. The van der Waals surface area contributed by atoms with Crippen LogP contribution in [0.4, 0.5) is 4.79 Å². The molecule has 1 aliphatic rings. The number of imide groups is 1. The van der Waals surface area contributed by atoms with Crippen LogP contribution in [0.3, 0.4) is 0 Å². The van der Waals surface area contributed by atoms with Crippen molar-refractivity contribution in [3.05, 3.63) is 33.8 Å². The highest BCUT2D eigenvalue weighted by Gasteiger charge is 2.20. The SMILES string of the molecule is O=C(COC(=O)c1c(Cl)cccc1Cl)NC(=O)NC1CCCC1. The molecule has 23 heavy (non-hydrogen) atoms. The molecule has 0 atom stereocenters. The molecule has 2 N–H and O–H groups in total. The molecule has 1 saturated carbocycles. The number of rotatable bonds is 4. The first kappa shape index (κ1) is 17.6. The van der Waals surface area contributed by atoms with Gasteiger partial charge < -0.3 is 10.1 Å². The average Bonchev–Trinajstić information content (AvgIpc) is 2.97. The summed E-state index contributed by atoms with van der Waals surface area (Å²) in [6, 6.07) is 4.06. The zero-order chi connectivity index (χ0) is 16.8. The highest BCUT2D eigenvalue weighted by Crippen LogP contribution is 2.24. The first-order valence-corrected chi connectivity index (χ1v) is 7.94. The minimum Gasteiger partial charge on any atom is -0.452 e. The zero-order valence-electron chi connectivity index (χ0n) is 12.2. The molecule has 124 valence electrons. The maximum Gasteiger partial charge on any atom is 0.341 e. The molecule has 0 aliphatic heterocycles. The minimum absolute atomic E-state index is 0.0148. The number of urea groups is 1. The lowest BCUT2D eigenvalue weighted by molar-refractivity contribution is -0.123. The van der Waals surface area contributed by atoms with E-state index in [1.165, 1.54) is 12.1 Å². The molecule has 0 spiro atoms. The van der Waals surface area contributed by atoms with Gasteiger partial charge in [0, 0.05) is 6.04 Å². The Balaban J connectivity index is 1.79. The number of carbonyl (C=O) groups excluding carboxylic acids is 3. The lowest BCUT2D eigenvalue weighted by Gasteiger charge is -2.12. The number of ether oxygens (including phenoxy) is 1. The summed E-state index contributed by atoms with van der Waals surface area (Å²) in [7, 11) is 0. The van der Waals surface area contributed by atoms with E-state index in [0.29, 0.717) is 0 Å². The Bertz CT molecular complexity index is 595. The Kier molecular flexibility index (Phi) is 6.24. The standard InChI is InChI=1S/C15H16Cl2N2O4/c16-10-6-3-7-11(17)13(10)14(21)23-8-12(20)19-15(22)18-9-4-1-2-5-9/h3,6-7,9H,1-2,4-5,8H2,(H2,18,19,20,22). The third-order valence-corrected chi connectivity index (χ3v) is 4.07. The molecule has 0 bridgehead atoms. The Labute approximate surface area is 143 Å². The number of halogens is 2. The van der Waals surface area contributed by atoms with Crippen LogP contribution in [0, 0.1) is 0 Å². The molecular formula is C15H16Cl2N2O4. The van der Waals surface area contributed by atoms with Gasteiger partial charge in [-0.15, -0.1) is 0 Å². The fourth-order valence-electron chi connectivity index (χ4n) is 2.35. The van der Waals surface area contributed by atoms with Crippen molar-refractivity contribution < 1.29 is 19.1 Å². The van der Waals surface area contributed by atoms with Crippen molar-refractivity contribution in [2.45, 2.75) is 31.7 Å². The van der Waals surface area contributed by atoms with E-state index in [1.54, 1.807) is 6.07 Å². The summed E-state index contributed by atoms with van der Waals surface area (Å²) in [6.07, 6.45) is 3.94. The molecule has 0 saturated heterocycles. The number of carbonyl (C=O) groups is 3. The monoisotopic (exact) mass is 358 g/mol. The molecule has 0 heterocycles. The van der Waals surface area contributed by atoms with Crippen LogP contribution in [0.5, 0.6) is 0 Å². The van der Waals surface area contributed by atoms with Crippen molar-refractivity contribution in [2.24, 2.45) is 0 Å². The van der Waals surface area contributed by atoms with Gasteiger partial charge in [-0.05, 0) is 25.0 Å². The van der Waals surface area contributed by atoms with E-state index in [1.807, 2.05) is 0 Å². The molecule has 1 fully saturated rings. The van der Waals surface area contributed by atoms with Crippen LogP contribution in [-0.4, -0.2) is 30.6 Å². The van der Waals surface area contributed by atoms with Crippen molar-refractivity contribution in [1.82, 2.24) is 10.6 Å². The smallest absolute Gasteiger partial charge is 0.341 e. The molecule has 0 radical (unpaired) electrons. The van der Waals surface area contributed by atoms with E-state index in [2.05, 4.69) is 10.6 Å². The summed E-state index contributed by atoms with van der Waals surface area (Å²) in [6.45, 7) is -0.599. The first-order chi connectivity index (χ1) is 11.0. The van der Waals surface area contributed by atoms with Crippen LogP contribution in [0.25, 0.3) is 0 Å². The van der Waals surface area contributed by atoms with Gasteiger partial charge in [0.15, 0.2) is 6.61 Å². The summed E-state index contributed by atoms with van der Waals surface area (Å²) < 4.78 is 4.82. The van der Waals surface area contributed by atoms with Crippen molar-refractivity contribution in [2.75, 3.05) is 6.61 Å². The summed E-state index contributed by atoms with van der Waals surface area (Å²) >= 11 is 11.7. The van der Waals surface area contributed by atoms with Gasteiger partial charge in [0.25, 0.3) is 5.91 Å². The van der Waals surface area contributed by atoms with Crippen molar-refractivity contribution in [1.29, 1.82) is 0 Å². The van der Waals surface area contributed by atoms with Crippen LogP contribution in [0.1, 0.15) is 36.0 Å².